The fourth-order valence-electron chi connectivity index (χ4n) is 2.14. The molecule has 0 spiro atoms. The van der Waals surface area contributed by atoms with Gasteiger partial charge in [0.2, 0.25) is 0 Å². The summed E-state index contributed by atoms with van der Waals surface area (Å²) in [5, 5.41) is 0. The van der Waals surface area contributed by atoms with Crippen molar-refractivity contribution in [2.45, 2.75) is 0 Å². The zero-order valence-corrected chi connectivity index (χ0v) is 17.6. The highest BCUT2D eigenvalue weighted by molar-refractivity contribution is 5.89. The highest BCUT2D eigenvalue weighted by Crippen LogP contribution is 2.00. The van der Waals surface area contributed by atoms with Crippen LogP contribution in [0.15, 0.2) is 30.3 Å². The third-order valence-corrected chi connectivity index (χ3v) is 3.59. The van der Waals surface area contributed by atoms with Crippen LogP contribution in [0.4, 0.5) is 0 Å². The van der Waals surface area contributed by atoms with E-state index in [2.05, 4.69) is 0 Å². The molecule has 1 aromatic rings. The van der Waals surface area contributed by atoms with Crippen molar-refractivity contribution in [1.29, 1.82) is 0 Å². The molecule has 0 amide bonds. The molecule has 0 atom stereocenters. The average Bonchev–Trinajstić information content (AvgIpc) is 2.78. The summed E-state index contributed by atoms with van der Waals surface area (Å²) in [7, 11) is 0. The number of hydrogen-bond donors (Lipinski definition) is 1. The lowest BCUT2D eigenvalue weighted by molar-refractivity contribution is -0.0191. The van der Waals surface area contributed by atoms with E-state index in [9.17, 15) is 4.79 Å². The van der Waals surface area contributed by atoms with Crippen molar-refractivity contribution in [2.24, 2.45) is 5.73 Å². The largest absolute Gasteiger partial charge is 0.460 e. The molecule has 1 rings (SSSR count). The number of carbonyl (C=O) groups excluding carboxylic acids is 1. The van der Waals surface area contributed by atoms with Crippen LogP contribution in [-0.2, 0) is 33.2 Å². The fourth-order valence-corrected chi connectivity index (χ4v) is 2.14. The van der Waals surface area contributed by atoms with Crippen molar-refractivity contribution in [1.82, 2.24) is 0 Å². The van der Waals surface area contributed by atoms with Gasteiger partial charge in [-0.3, -0.25) is 0 Å². The number of esters is 1. The average molecular weight is 430 g/mol. The molecule has 1 aromatic carbocycles. The minimum absolute atomic E-state index is 0.212. The van der Waals surface area contributed by atoms with Gasteiger partial charge in [0.1, 0.15) is 6.61 Å². The third kappa shape index (κ3) is 16.2. The number of carbonyl (C=O) groups is 1. The first-order chi connectivity index (χ1) is 14.8. The van der Waals surface area contributed by atoms with Crippen LogP contribution < -0.4 is 5.73 Å². The molecule has 0 fully saturated rings. The molecule has 9 nitrogen and oxygen atoms in total. The molecule has 30 heavy (non-hydrogen) atoms. The maximum atomic E-state index is 11.7. The van der Waals surface area contributed by atoms with Crippen LogP contribution in [0.3, 0.4) is 0 Å². The summed E-state index contributed by atoms with van der Waals surface area (Å²) in [5.41, 5.74) is 5.84. The summed E-state index contributed by atoms with van der Waals surface area (Å²) in [4.78, 5) is 11.7. The number of nitrogens with two attached hydrogens (primary N) is 1. The van der Waals surface area contributed by atoms with Crippen molar-refractivity contribution in [3.63, 3.8) is 0 Å². The number of rotatable bonds is 21. The Kier molecular flexibility index (Phi) is 18.2. The second kappa shape index (κ2) is 20.7. The Labute approximate surface area is 178 Å². The molecular formula is C21H35NO8. The predicted octanol–water partition coefficient (Wildman–Crippen LogP) is 0.902. The van der Waals surface area contributed by atoms with Crippen LogP contribution >= 0.6 is 0 Å². The quantitative estimate of drug-likeness (QED) is 0.225. The molecule has 9 heteroatoms. The summed E-state index contributed by atoms with van der Waals surface area (Å²) >= 11 is 0. The van der Waals surface area contributed by atoms with E-state index in [0.29, 0.717) is 91.4 Å². The highest BCUT2D eigenvalue weighted by Gasteiger charge is 2.04. The number of benzene rings is 1. The van der Waals surface area contributed by atoms with E-state index in [1.54, 1.807) is 24.3 Å². The normalized spacial score (nSPS) is 11.0. The van der Waals surface area contributed by atoms with Gasteiger partial charge in [-0.15, -0.1) is 0 Å². The van der Waals surface area contributed by atoms with Crippen LogP contribution in [-0.4, -0.2) is 98.4 Å². The summed E-state index contributed by atoms with van der Waals surface area (Å²) in [6.45, 7) is 6.65. The molecule has 0 unspecified atom stereocenters. The second-order valence-corrected chi connectivity index (χ2v) is 5.96. The van der Waals surface area contributed by atoms with Gasteiger partial charge in [-0.25, -0.2) is 4.79 Å². The van der Waals surface area contributed by atoms with Gasteiger partial charge in [-0.05, 0) is 12.1 Å². The number of hydrogen-bond acceptors (Lipinski definition) is 9. The molecule has 0 aliphatic carbocycles. The summed E-state index contributed by atoms with van der Waals surface area (Å²) in [5.74, 6) is -0.350. The monoisotopic (exact) mass is 429 g/mol. The third-order valence-electron chi connectivity index (χ3n) is 3.59. The molecule has 0 radical (unpaired) electrons. The minimum Gasteiger partial charge on any atom is -0.460 e. The molecule has 0 heterocycles. The molecule has 2 N–H and O–H groups in total. The maximum absolute atomic E-state index is 11.7. The van der Waals surface area contributed by atoms with E-state index in [1.807, 2.05) is 6.07 Å². The predicted molar refractivity (Wildman–Crippen MR) is 111 cm³/mol. The van der Waals surface area contributed by atoms with E-state index in [-0.39, 0.29) is 12.6 Å². The SMILES string of the molecule is NCCOCCOCCOCCOCCOCCOCCOC(=O)c1ccccc1. The van der Waals surface area contributed by atoms with Gasteiger partial charge in [0.05, 0.1) is 84.8 Å². The zero-order valence-electron chi connectivity index (χ0n) is 17.6. The van der Waals surface area contributed by atoms with E-state index in [0.717, 1.165) is 0 Å². The maximum Gasteiger partial charge on any atom is 0.338 e. The van der Waals surface area contributed by atoms with E-state index in [4.69, 9.17) is 38.9 Å². The van der Waals surface area contributed by atoms with Gasteiger partial charge in [0, 0.05) is 6.54 Å². The molecule has 0 saturated carbocycles. The first kappa shape index (κ1) is 26.4. The van der Waals surface area contributed by atoms with Gasteiger partial charge in [0.25, 0.3) is 0 Å². The van der Waals surface area contributed by atoms with E-state index in [1.165, 1.54) is 0 Å². The van der Waals surface area contributed by atoms with Crippen molar-refractivity contribution in [2.75, 3.05) is 92.4 Å². The Balaban J connectivity index is 1.71. The van der Waals surface area contributed by atoms with Crippen LogP contribution in [0.1, 0.15) is 10.4 Å². The standard InChI is InChI=1S/C21H35NO8/c22-6-7-24-8-9-25-10-11-26-12-13-27-14-15-28-16-17-29-18-19-30-21(23)20-4-2-1-3-5-20/h1-5H,6-19,22H2. The lowest BCUT2D eigenvalue weighted by atomic mass is 10.2. The lowest BCUT2D eigenvalue weighted by Gasteiger charge is -2.08. The first-order valence-corrected chi connectivity index (χ1v) is 10.2. The molecule has 0 aliphatic heterocycles. The van der Waals surface area contributed by atoms with E-state index < -0.39 is 0 Å². The van der Waals surface area contributed by atoms with Gasteiger partial charge >= 0.3 is 5.97 Å². The Hall–Kier alpha value is -1.59. The molecular weight excluding hydrogens is 394 g/mol. The zero-order chi connectivity index (χ0) is 21.5. The smallest absolute Gasteiger partial charge is 0.338 e. The molecule has 0 saturated heterocycles. The summed E-state index contributed by atoms with van der Waals surface area (Å²) < 4.78 is 37.1. The van der Waals surface area contributed by atoms with Crippen molar-refractivity contribution >= 4 is 5.97 Å². The molecule has 0 bridgehead atoms. The fraction of sp³-hybridized carbons (Fsp3) is 0.667. The minimum atomic E-state index is -0.350. The van der Waals surface area contributed by atoms with Crippen molar-refractivity contribution in [3.05, 3.63) is 35.9 Å². The highest BCUT2D eigenvalue weighted by atomic mass is 16.6. The summed E-state index contributed by atoms with van der Waals surface area (Å²) in [6, 6.07) is 8.85. The topological polar surface area (TPSA) is 108 Å². The molecule has 0 aliphatic rings. The Bertz CT molecular complexity index is 503. The first-order valence-electron chi connectivity index (χ1n) is 10.2. The van der Waals surface area contributed by atoms with Gasteiger partial charge in [-0.1, -0.05) is 18.2 Å². The second-order valence-electron chi connectivity index (χ2n) is 5.96. The van der Waals surface area contributed by atoms with Crippen molar-refractivity contribution in [3.8, 4) is 0 Å². The van der Waals surface area contributed by atoms with Gasteiger partial charge < -0.3 is 38.9 Å². The molecule has 0 aromatic heterocycles. The Morgan fingerprint density at radius 1 is 0.567 bits per heavy atom. The van der Waals surface area contributed by atoms with E-state index >= 15 is 0 Å². The van der Waals surface area contributed by atoms with Gasteiger partial charge in [-0.2, -0.15) is 0 Å². The lowest BCUT2D eigenvalue weighted by Crippen LogP contribution is -2.15. The Morgan fingerprint density at radius 2 is 0.933 bits per heavy atom. The van der Waals surface area contributed by atoms with Crippen LogP contribution in [0.2, 0.25) is 0 Å². The molecule has 172 valence electrons. The van der Waals surface area contributed by atoms with Crippen molar-refractivity contribution < 1.29 is 38.0 Å². The number of ether oxygens (including phenoxy) is 7. The Morgan fingerprint density at radius 3 is 1.33 bits per heavy atom. The van der Waals surface area contributed by atoms with Crippen LogP contribution in [0.5, 0.6) is 0 Å². The summed E-state index contributed by atoms with van der Waals surface area (Å²) in [6.07, 6.45) is 0. The van der Waals surface area contributed by atoms with Crippen LogP contribution in [0.25, 0.3) is 0 Å². The van der Waals surface area contributed by atoms with Gasteiger partial charge in [0.15, 0.2) is 0 Å². The van der Waals surface area contributed by atoms with Crippen LogP contribution in [0, 0.1) is 0 Å².